The van der Waals surface area contributed by atoms with Gasteiger partial charge in [-0.3, -0.25) is 0 Å². The van der Waals surface area contributed by atoms with Gasteiger partial charge in [-0.15, -0.1) is 0 Å². The molecule has 0 spiro atoms. The number of anilines is 2. The Morgan fingerprint density at radius 2 is 1.77 bits per heavy atom. The van der Waals surface area contributed by atoms with Crippen LogP contribution in [0.15, 0.2) is 65.7 Å². The Morgan fingerprint density at radius 1 is 0.971 bits per heavy atom. The summed E-state index contributed by atoms with van der Waals surface area (Å²) in [5.74, 6) is -0.541. The van der Waals surface area contributed by atoms with Crippen LogP contribution >= 0.6 is 23.5 Å². The lowest BCUT2D eigenvalue weighted by atomic mass is 9.92. The van der Waals surface area contributed by atoms with Crippen molar-refractivity contribution in [1.82, 2.24) is 9.97 Å². The Morgan fingerprint density at radius 3 is 2.57 bits per heavy atom. The average molecular weight is 512 g/mol. The van der Waals surface area contributed by atoms with Crippen molar-refractivity contribution in [3.8, 4) is 11.1 Å². The second-order valence-electron chi connectivity index (χ2n) is 8.67. The molecule has 1 fully saturated rings. The van der Waals surface area contributed by atoms with E-state index in [4.69, 9.17) is 17.3 Å². The highest BCUT2D eigenvalue weighted by Gasteiger charge is 2.19. The summed E-state index contributed by atoms with van der Waals surface area (Å²) in [5, 5.41) is 4.66. The zero-order valence-corrected chi connectivity index (χ0v) is 20.3. The molecule has 0 amide bonds. The lowest BCUT2D eigenvalue weighted by Crippen LogP contribution is -2.33. The summed E-state index contributed by atoms with van der Waals surface area (Å²) in [6.07, 6.45) is 5.67. The number of hydrogen-bond donors (Lipinski definition) is 3. The minimum atomic E-state index is -0.566. The molecule has 3 aromatic carbocycles. The fraction of sp³-hybridized carbons (Fsp3) is 0.231. The van der Waals surface area contributed by atoms with Gasteiger partial charge < -0.3 is 15.8 Å². The number of aromatic nitrogens is 2. The first-order valence-corrected chi connectivity index (χ1v) is 12.6. The van der Waals surface area contributed by atoms with E-state index in [-0.39, 0.29) is 17.3 Å². The van der Waals surface area contributed by atoms with E-state index in [1.165, 1.54) is 6.07 Å². The molecule has 5 nitrogen and oxygen atoms in total. The smallest absolute Gasteiger partial charge is 0.223 e. The van der Waals surface area contributed by atoms with Crippen LogP contribution in [0.5, 0.6) is 0 Å². The van der Waals surface area contributed by atoms with Crippen molar-refractivity contribution in [2.24, 2.45) is 5.73 Å². The maximum Gasteiger partial charge on any atom is 0.223 e. The topological polar surface area (TPSA) is 75.9 Å². The van der Waals surface area contributed by atoms with Crippen LogP contribution in [0.3, 0.4) is 0 Å². The third-order valence-corrected chi connectivity index (χ3v) is 7.50. The van der Waals surface area contributed by atoms with Gasteiger partial charge in [-0.25, -0.2) is 18.7 Å². The zero-order valence-electron chi connectivity index (χ0n) is 18.8. The van der Waals surface area contributed by atoms with Crippen LogP contribution in [0.25, 0.3) is 22.0 Å². The number of halogens is 3. The lowest BCUT2D eigenvalue weighted by Gasteiger charge is -2.26. The average Bonchev–Trinajstić information content (AvgIpc) is 2.86. The second kappa shape index (κ2) is 10.4. The van der Waals surface area contributed by atoms with Gasteiger partial charge in [-0.2, -0.15) is 0 Å². The van der Waals surface area contributed by atoms with E-state index in [0.29, 0.717) is 27.5 Å². The molecule has 4 aromatic rings. The third-order valence-electron chi connectivity index (χ3n) is 6.16. The molecule has 5 rings (SSSR count). The van der Waals surface area contributed by atoms with Crippen LogP contribution in [-0.4, -0.2) is 22.1 Å². The molecule has 0 aliphatic heterocycles. The third kappa shape index (κ3) is 5.50. The lowest BCUT2D eigenvalue weighted by molar-refractivity contribution is 0.410. The van der Waals surface area contributed by atoms with E-state index in [9.17, 15) is 8.78 Å². The summed E-state index contributed by atoms with van der Waals surface area (Å²) in [6, 6.07) is 15.4. The molecule has 9 heteroatoms. The molecule has 4 N–H and O–H groups in total. The van der Waals surface area contributed by atoms with Gasteiger partial charge in [0.2, 0.25) is 5.95 Å². The maximum absolute atomic E-state index is 15.0. The molecule has 1 saturated carbocycles. The number of nitrogens with two attached hydrogens (primary N) is 1. The summed E-state index contributed by atoms with van der Waals surface area (Å²) >= 11 is 7.25. The number of rotatable bonds is 6. The van der Waals surface area contributed by atoms with E-state index >= 15 is 0 Å². The van der Waals surface area contributed by atoms with Gasteiger partial charge in [0.15, 0.2) is 0 Å². The molecule has 180 valence electrons. The highest BCUT2D eigenvalue weighted by Crippen LogP contribution is 2.33. The number of nitrogens with zero attached hydrogens (tertiary/aromatic N) is 2. The molecule has 1 aliphatic carbocycles. The van der Waals surface area contributed by atoms with Crippen LogP contribution in [0, 0.1) is 11.6 Å². The SMILES string of the molecule is NC1CCC(Nc2ncc3cc(-c4cc(F)c(NSc5ccccc5Cl)cc4F)ccc3n2)CC1. The van der Waals surface area contributed by atoms with Crippen molar-refractivity contribution in [3.05, 3.63) is 77.5 Å². The first-order chi connectivity index (χ1) is 17.0. The number of fused-ring (bicyclic) bond motifs is 1. The second-order valence-corrected chi connectivity index (χ2v) is 9.92. The van der Waals surface area contributed by atoms with E-state index in [0.717, 1.165) is 54.6 Å². The van der Waals surface area contributed by atoms with Crippen molar-refractivity contribution < 1.29 is 8.78 Å². The van der Waals surface area contributed by atoms with Gasteiger partial charge in [0.1, 0.15) is 11.6 Å². The van der Waals surface area contributed by atoms with Crippen molar-refractivity contribution in [1.29, 1.82) is 0 Å². The minimum absolute atomic E-state index is 0.0414. The molecule has 1 heterocycles. The van der Waals surface area contributed by atoms with Crippen LogP contribution in [-0.2, 0) is 0 Å². The molecule has 35 heavy (non-hydrogen) atoms. The van der Waals surface area contributed by atoms with Crippen molar-refractivity contribution >= 4 is 46.1 Å². The summed E-state index contributed by atoms with van der Waals surface area (Å²) in [4.78, 5) is 9.73. The molecule has 0 bridgehead atoms. The van der Waals surface area contributed by atoms with Crippen LogP contribution in [0.1, 0.15) is 25.7 Å². The minimum Gasteiger partial charge on any atom is -0.351 e. The molecule has 0 saturated heterocycles. The van der Waals surface area contributed by atoms with E-state index < -0.39 is 11.6 Å². The van der Waals surface area contributed by atoms with Crippen LogP contribution < -0.4 is 15.8 Å². The standard InChI is InChI=1S/C26H24ClF2N5S/c27-20-3-1-2-4-25(20)35-34-24-13-21(28)19(12-22(24)29)15-5-10-23-16(11-15)14-31-26(33-23)32-18-8-6-17(30)7-9-18/h1-5,10-14,17-18,34H,6-9,30H2,(H,31,32,33). The molecular formula is C26H24ClF2N5S. The number of hydrogen-bond acceptors (Lipinski definition) is 6. The van der Waals surface area contributed by atoms with Crippen molar-refractivity contribution in [2.45, 2.75) is 42.7 Å². The summed E-state index contributed by atoms with van der Waals surface area (Å²) in [6.45, 7) is 0. The van der Waals surface area contributed by atoms with Gasteiger partial charge >= 0.3 is 0 Å². The van der Waals surface area contributed by atoms with E-state index in [2.05, 4.69) is 20.0 Å². The van der Waals surface area contributed by atoms with Gasteiger partial charge in [-0.1, -0.05) is 29.8 Å². The highest BCUT2D eigenvalue weighted by molar-refractivity contribution is 8.00. The molecule has 0 atom stereocenters. The molecule has 0 radical (unpaired) electrons. The summed E-state index contributed by atoms with van der Waals surface area (Å²) in [7, 11) is 0. The zero-order chi connectivity index (χ0) is 24.4. The van der Waals surface area contributed by atoms with Gasteiger partial charge in [0, 0.05) is 40.2 Å². The number of benzene rings is 3. The van der Waals surface area contributed by atoms with Crippen LogP contribution in [0.4, 0.5) is 20.4 Å². The fourth-order valence-electron chi connectivity index (χ4n) is 4.20. The Kier molecular flexibility index (Phi) is 7.04. The van der Waals surface area contributed by atoms with Gasteiger partial charge in [0.05, 0.1) is 16.2 Å². The Bertz CT molecular complexity index is 1360. The molecule has 0 unspecified atom stereocenters. The predicted octanol–water partition coefficient (Wildman–Crippen LogP) is 7.03. The Balaban J connectivity index is 1.33. The predicted molar refractivity (Wildman–Crippen MR) is 140 cm³/mol. The Labute approximate surface area is 211 Å². The molecule has 1 aromatic heterocycles. The van der Waals surface area contributed by atoms with Gasteiger partial charge in [-0.05, 0) is 73.5 Å². The normalized spacial score (nSPS) is 17.9. The number of nitrogens with one attached hydrogen (secondary N) is 2. The summed E-state index contributed by atoms with van der Waals surface area (Å²) < 4.78 is 32.6. The van der Waals surface area contributed by atoms with Crippen molar-refractivity contribution in [2.75, 3.05) is 10.0 Å². The quantitative estimate of drug-likeness (QED) is 0.241. The maximum atomic E-state index is 15.0. The molecular weight excluding hydrogens is 488 g/mol. The van der Waals surface area contributed by atoms with E-state index in [1.807, 2.05) is 6.07 Å². The fourth-order valence-corrected chi connectivity index (χ4v) is 5.14. The van der Waals surface area contributed by atoms with Crippen molar-refractivity contribution in [3.63, 3.8) is 0 Å². The molecule has 1 aliphatic rings. The monoisotopic (exact) mass is 511 g/mol. The highest BCUT2D eigenvalue weighted by atomic mass is 35.5. The first-order valence-electron chi connectivity index (χ1n) is 11.4. The largest absolute Gasteiger partial charge is 0.351 e. The summed E-state index contributed by atoms with van der Waals surface area (Å²) in [5.41, 5.74) is 7.46. The Hall–Kier alpha value is -2.94. The first kappa shape index (κ1) is 23.8. The van der Waals surface area contributed by atoms with E-state index in [1.54, 1.807) is 42.6 Å². The van der Waals surface area contributed by atoms with Gasteiger partial charge in [0.25, 0.3) is 0 Å². The van der Waals surface area contributed by atoms with Crippen LogP contribution in [0.2, 0.25) is 5.02 Å².